The van der Waals surface area contributed by atoms with Gasteiger partial charge >= 0.3 is 40.2 Å². The molecule has 2 N–H and O–H groups in total. The zero-order valence-electron chi connectivity index (χ0n) is 64.4. The molecule has 0 fully saturated rings. The summed E-state index contributed by atoms with van der Waals surface area (Å²) in [6.07, 6.45) is 12.7. The molecule has 0 aliphatic carbocycles. The minimum absolute atomic E-state index is 0. The van der Waals surface area contributed by atoms with Crippen LogP contribution in [0.15, 0.2) is 116 Å². The van der Waals surface area contributed by atoms with E-state index in [9.17, 15) is 19.8 Å². The second kappa shape index (κ2) is 50.9. The summed E-state index contributed by atoms with van der Waals surface area (Å²) in [6.45, 7) is 61.2. The Morgan fingerprint density at radius 3 is 1.54 bits per heavy atom. The van der Waals surface area contributed by atoms with Crippen molar-refractivity contribution in [3.8, 4) is 22.9 Å². The number of benzene rings is 4. The van der Waals surface area contributed by atoms with E-state index in [1.807, 2.05) is 43.3 Å². The number of aromatic hydroxyl groups is 2. The van der Waals surface area contributed by atoms with Crippen molar-refractivity contribution in [3.63, 3.8) is 0 Å². The Hall–Kier alpha value is -3.38. The van der Waals surface area contributed by atoms with Gasteiger partial charge in [-0.25, -0.2) is 0 Å². The van der Waals surface area contributed by atoms with Crippen molar-refractivity contribution in [1.29, 1.82) is 0 Å². The van der Waals surface area contributed by atoms with Crippen LogP contribution in [0.1, 0.15) is 129 Å². The van der Waals surface area contributed by atoms with Crippen LogP contribution in [-0.2, 0) is 70.6 Å². The summed E-state index contributed by atoms with van der Waals surface area (Å²) in [5.74, 6) is 0.234. The SMILES string of the molecule is C.C.C=CC.C=CCCOC.CCCCOC(=O)CCc1ccc(O)c(-n2nc3ccccc3n2)c1.CCCCOc1ccc(C(=O)c2ccccc2)c(O)c1.CCCC[Si](C)(O[Si](C)(C)O[Si](C)(C)C)O[Si](C)(CCC)O[Si](C)(C)C.C[SiH](O[Si](C)(C)C)O[Si](C)(C)O[Si](C)(C)C.[Pt]. The van der Waals surface area contributed by atoms with E-state index in [0.29, 0.717) is 48.6 Å². The maximum atomic E-state index is 12.2. The molecule has 5 rings (SSSR count). The van der Waals surface area contributed by atoms with Crippen molar-refractivity contribution in [2.24, 2.45) is 0 Å². The molecular weight excluding hydrogens is 1580 g/mol. The zero-order chi connectivity index (χ0) is 73.6. The number of unbranched alkanes of at least 4 members (excludes halogenated alkanes) is 3. The Balaban J connectivity index is -0.000000584. The zero-order valence-corrected chi connectivity index (χ0v) is 75.8. The molecular formula is C72H137N3O14PtSi9. The third-order valence-electron chi connectivity index (χ3n) is 12.6. The van der Waals surface area contributed by atoms with Crippen molar-refractivity contribution in [2.45, 2.75) is 250 Å². The third-order valence-corrected chi connectivity index (χ3v) is 43.2. The second-order valence-electron chi connectivity index (χ2n) is 28.6. The summed E-state index contributed by atoms with van der Waals surface area (Å²) >= 11 is 0. The molecule has 99 heavy (non-hydrogen) atoms. The van der Waals surface area contributed by atoms with Crippen LogP contribution < -0.4 is 4.74 Å². The van der Waals surface area contributed by atoms with Gasteiger partial charge in [0.05, 0.1) is 18.8 Å². The van der Waals surface area contributed by atoms with Crippen LogP contribution in [-0.4, -0.2) is 141 Å². The molecule has 0 saturated carbocycles. The van der Waals surface area contributed by atoms with Crippen LogP contribution in [0, 0.1) is 0 Å². The van der Waals surface area contributed by atoms with Crippen molar-refractivity contribution in [3.05, 3.63) is 133 Å². The number of carbonyl (C=O) groups excluding carboxylic acids is 2. The van der Waals surface area contributed by atoms with Gasteiger partial charge in [-0.1, -0.05) is 135 Å². The minimum atomic E-state index is -2.36. The van der Waals surface area contributed by atoms with E-state index in [4.69, 9.17) is 43.0 Å². The van der Waals surface area contributed by atoms with Crippen molar-refractivity contribution in [2.75, 3.05) is 26.9 Å². The average Bonchev–Trinajstić information content (AvgIpc) is 1.79. The Morgan fingerprint density at radius 1 is 0.566 bits per heavy atom. The first-order valence-electron chi connectivity index (χ1n) is 34.4. The molecule has 17 nitrogen and oxygen atoms in total. The fraction of sp³-hybridized carbons (Fsp3) is 0.583. The smallest absolute Gasteiger partial charge is 0.317 e. The van der Waals surface area contributed by atoms with Gasteiger partial charge < -0.3 is 53.2 Å². The van der Waals surface area contributed by atoms with Gasteiger partial charge in [-0.15, -0.1) is 28.2 Å². The summed E-state index contributed by atoms with van der Waals surface area (Å²) in [4.78, 5) is 25.4. The monoisotopic (exact) mass is 1710 g/mol. The first-order valence-corrected chi connectivity index (χ1v) is 60.8. The van der Waals surface area contributed by atoms with E-state index in [2.05, 4.69) is 175 Å². The number of esters is 1. The molecule has 3 unspecified atom stereocenters. The number of allylic oxidation sites excluding steroid dienone is 1. The molecule has 570 valence electrons. The fourth-order valence-corrected chi connectivity index (χ4v) is 48.2. The predicted molar refractivity (Wildman–Crippen MR) is 436 cm³/mol. The van der Waals surface area contributed by atoms with E-state index >= 15 is 0 Å². The molecule has 0 radical (unpaired) electrons. The van der Waals surface area contributed by atoms with E-state index < -0.39 is 76.8 Å². The van der Waals surface area contributed by atoms with E-state index in [0.717, 1.165) is 86.7 Å². The van der Waals surface area contributed by atoms with Crippen LogP contribution in [0.4, 0.5) is 0 Å². The van der Waals surface area contributed by atoms with Crippen LogP contribution in [0.2, 0.25) is 136 Å². The first kappa shape index (κ1) is 102. The van der Waals surface area contributed by atoms with Gasteiger partial charge in [0.25, 0.3) is 9.28 Å². The number of ether oxygens (including phenoxy) is 3. The molecule has 1 heterocycles. The Morgan fingerprint density at radius 2 is 1.07 bits per heavy atom. The molecule has 0 aliphatic rings. The van der Waals surface area contributed by atoms with Gasteiger partial charge in [-0.05, 0) is 211 Å². The van der Waals surface area contributed by atoms with Gasteiger partial charge in [-0.2, -0.15) is 0 Å². The second-order valence-corrected chi connectivity index (χ2v) is 63.8. The van der Waals surface area contributed by atoms with Gasteiger partial charge in [0.2, 0.25) is 0 Å². The molecule has 1 aromatic heterocycles. The maximum absolute atomic E-state index is 12.2. The number of carbonyl (C=O) groups is 2. The number of phenolic OH excluding ortho intramolecular Hbond substituents is 2. The number of hydrogen-bond donors (Lipinski definition) is 2. The van der Waals surface area contributed by atoms with Crippen molar-refractivity contribution in [1.82, 2.24) is 15.0 Å². The molecule has 0 spiro atoms. The van der Waals surface area contributed by atoms with Gasteiger partial charge in [-0.3, -0.25) is 9.59 Å². The summed E-state index contributed by atoms with van der Waals surface area (Å²) in [6, 6.07) is 28.5. The fourth-order valence-electron chi connectivity index (χ4n) is 9.84. The molecule has 3 atom stereocenters. The topological polar surface area (TPSA) is 198 Å². The normalized spacial score (nSPS) is 12.9. The van der Waals surface area contributed by atoms with E-state index in [-0.39, 0.29) is 59.2 Å². The first-order chi connectivity index (χ1) is 44.5. The number of rotatable bonds is 35. The summed E-state index contributed by atoms with van der Waals surface area (Å²) in [5.41, 5.74) is 3.77. The Bertz CT molecular complexity index is 2970. The van der Waals surface area contributed by atoms with Gasteiger partial charge in [0, 0.05) is 52.8 Å². The molecule has 5 aromatic rings. The molecule has 27 heteroatoms. The molecule has 4 aromatic carbocycles. The number of phenols is 2. The van der Waals surface area contributed by atoms with E-state index in [1.165, 1.54) is 10.9 Å². The average molecular weight is 1720 g/mol. The minimum Gasteiger partial charge on any atom is -0.507 e. The van der Waals surface area contributed by atoms with Crippen LogP contribution in [0.5, 0.6) is 17.2 Å². The molecule has 0 aliphatic heterocycles. The Kier molecular flexibility index (Phi) is 52.5. The van der Waals surface area contributed by atoms with Crippen LogP contribution in [0.3, 0.4) is 0 Å². The number of aromatic nitrogens is 3. The van der Waals surface area contributed by atoms with Gasteiger partial charge in [0.15, 0.2) is 39.1 Å². The number of methoxy groups -OCH3 is 1. The number of fused-ring (bicyclic) bond motifs is 1. The van der Waals surface area contributed by atoms with Crippen molar-refractivity contribution >= 4 is 99.6 Å². The summed E-state index contributed by atoms with van der Waals surface area (Å²) < 4.78 is 60.5. The number of ketones is 1. The Labute approximate surface area is 626 Å². The third kappa shape index (κ3) is 49.1. The number of nitrogens with zero attached hydrogens (tertiary/aromatic N) is 3. The van der Waals surface area contributed by atoms with Crippen molar-refractivity contribution < 1.29 is 83.9 Å². The quantitative estimate of drug-likeness (QED) is 0.0128. The standard InChI is InChI=1S/C19H21N3O3.C17H46O4Si5.C17H18O3.C9H28O3Si4.C5H10O.C3H6.2CH4.Pt/c1-2-3-12-25-19(24)11-9-14-8-10-18(23)17(13-14)22-20-15-6-4-5-7-16(15)21-22;1-13-15-17-26(12,20-24(9,10)18-22(3,4)5)21-25(11,16-14-2)19-23(6,7)8;1-2-3-11-20-14-9-10-15(16(18)12-14)17(19)13-7-5-4-6-8-13;1-13(10-14(2,3)4)11-16(8,9)12-15(5,6)7;1-3-4-5-6-2;1-3-2;;;/h4-8,10,13,23H,2-3,9,11-12H2,1H3;13-17H2,1-12H3;4-10,12,18H,2-3,11H2,1H3;13H,1-9H3;3H,1,4-5H2,2H3;3H,1H2,2H3;2*1H4;. The molecule has 0 bridgehead atoms. The summed E-state index contributed by atoms with van der Waals surface area (Å²) in [5, 5.41) is 28.9. The number of hydrogen-bond acceptors (Lipinski definition) is 16. The van der Waals surface area contributed by atoms with Crippen LogP contribution in [0.25, 0.3) is 16.7 Å². The van der Waals surface area contributed by atoms with E-state index in [1.54, 1.807) is 67.8 Å². The number of aryl methyl sites for hydroxylation is 1. The molecule has 0 saturated heterocycles. The maximum Gasteiger partial charge on any atom is 0.317 e. The van der Waals surface area contributed by atoms with Gasteiger partial charge in [0.1, 0.15) is 34.0 Å². The predicted octanol–water partition coefficient (Wildman–Crippen LogP) is 20.9. The summed E-state index contributed by atoms with van der Waals surface area (Å²) in [7, 11) is -14.9. The van der Waals surface area contributed by atoms with Crippen LogP contribution >= 0.6 is 0 Å². The largest absolute Gasteiger partial charge is 0.507 e. The molecule has 0 amide bonds.